The van der Waals surface area contributed by atoms with E-state index in [1.807, 2.05) is 6.92 Å². The zero-order valence-corrected chi connectivity index (χ0v) is 12.0. The predicted octanol–water partition coefficient (Wildman–Crippen LogP) is 1.73. The Labute approximate surface area is 119 Å². The Morgan fingerprint density at radius 3 is 2.74 bits per heavy atom. The molecule has 1 aliphatic rings. The molecular weight excluding hydrogens is 314 g/mol. The third-order valence-electron chi connectivity index (χ3n) is 3.22. The van der Waals surface area contributed by atoms with E-state index in [0.717, 1.165) is 10.0 Å². The van der Waals surface area contributed by atoms with Gasteiger partial charge in [0.05, 0.1) is 6.61 Å². The molecular formula is C13H14BrNO4. The quantitative estimate of drug-likeness (QED) is 0.886. The van der Waals surface area contributed by atoms with Crippen molar-refractivity contribution < 1.29 is 19.4 Å². The topological polar surface area (TPSA) is 75.6 Å². The summed E-state index contributed by atoms with van der Waals surface area (Å²) in [5.41, 5.74) is 0.118. The van der Waals surface area contributed by atoms with Crippen molar-refractivity contribution in [3.8, 4) is 0 Å². The molecule has 102 valence electrons. The van der Waals surface area contributed by atoms with Gasteiger partial charge in [0, 0.05) is 23.1 Å². The fraction of sp³-hybridized carbons (Fsp3) is 0.385. The van der Waals surface area contributed by atoms with Crippen molar-refractivity contribution in [2.24, 2.45) is 0 Å². The number of aryl methyl sites for hydroxylation is 1. The molecule has 0 saturated carbocycles. The number of benzene rings is 1. The van der Waals surface area contributed by atoms with Crippen LogP contribution in [-0.4, -0.2) is 35.7 Å². The second-order valence-corrected chi connectivity index (χ2v) is 5.46. The van der Waals surface area contributed by atoms with E-state index in [4.69, 9.17) is 4.74 Å². The van der Waals surface area contributed by atoms with Gasteiger partial charge in [0.1, 0.15) is 0 Å². The molecule has 0 bridgehead atoms. The molecule has 2 N–H and O–H groups in total. The maximum Gasteiger partial charge on any atom is 0.331 e. The first-order valence-electron chi connectivity index (χ1n) is 5.84. The summed E-state index contributed by atoms with van der Waals surface area (Å²) >= 11 is 3.35. The van der Waals surface area contributed by atoms with Crippen LogP contribution >= 0.6 is 15.9 Å². The highest BCUT2D eigenvalue weighted by Gasteiger charge is 2.44. The van der Waals surface area contributed by atoms with Crippen molar-refractivity contribution in [3.05, 3.63) is 33.8 Å². The number of rotatable bonds is 3. The zero-order valence-electron chi connectivity index (χ0n) is 10.4. The summed E-state index contributed by atoms with van der Waals surface area (Å²) in [7, 11) is 0. The number of hydrogen-bond donors (Lipinski definition) is 2. The fourth-order valence-electron chi connectivity index (χ4n) is 1.91. The maximum absolute atomic E-state index is 12.1. The first-order chi connectivity index (χ1) is 8.94. The summed E-state index contributed by atoms with van der Waals surface area (Å²) in [6, 6.07) is 5.15. The third kappa shape index (κ3) is 2.79. The average molecular weight is 328 g/mol. The molecule has 0 spiro atoms. The van der Waals surface area contributed by atoms with Crippen LogP contribution in [0, 0.1) is 6.92 Å². The highest BCUT2D eigenvalue weighted by molar-refractivity contribution is 9.10. The Bertz CT molecular complexity index is 523. The molecule has 1 heterocycles. The van der Waals surface area contributed by atoms with Crippen LogP contribution in [-0.2, 0) is 9.53 Å². The Morgan fingerprint density at radius 2 is 2.21 bits per heavy atom. The van der Waals surface area contributed by atoms with Crippen molar-refractivity contribution in [1.29, 1.82) is 0 Å². The number of amides is 1. The molecule has 6 heteroatoms. The van der Waals surface area contributed by atoms with Crippen LogP contribution in [0.15, 0.2) is 22.7 Å². The van der Waals surface area contributed by atoms with E-state index in [-0.39, 0.29) is 13.0 Å². The average Bonchev–Trinajstić information content (AvgIpc) is 2.82. The molecule has 0 radical (unpaired) electrons. The van der Waals surface area contributed by atoms with Crippen LogP contribution in [0.4, 0.5) is 0 Å². The minimum atomic E-state index is -1.31. The van der Waals surface area contributed by atoms with Crippen molar-refractivity contribution in [3.63, 3.8) is 0 Å². The van der Waals surface area contributed by atoms with Crippen LogP contribution in [0.5, 0.6) is 0 Å². The molecule has 1 aromatic rings. The molecule has 1 fully saturated rings. The van der Waals surface area contributed by atoms with Crippen LogP contribution in [0.1, 0.15) is 22.3 Å². The number of carbonyl (C=O) groups excluding carboxylic acids is 1. The predicted molar refractivity (Wildman–Crippen MR) is 72.1 cm³/mol. The van der Waals surface area contributed by atoms with E-state index in [1.165, 1.54) is 0 Å². The lowest BCUT2D eigenvalue weighted by atomic mass is 9.98. The molecule has 19 heavy (non-hydrogen) atoms. The maximum atomic E-state index is 12.1. The molecule has 0 aliphatic carbocycles. The number of aliphatic carboxylic acids is 1. The van der Waals surface area contributed by atoms with Crippen molar-refractivity contribution >= 4 is 27.8 Å². The number of nitrogens with one attached hydrogen (secondary N) is 1. The minimum Gasteiger partial charge on any atom is -0.479 e. The first kappa shape index (κ1) is 14.0. The Kier molecular flexibility index (Phi) is 3.91. The summed E-state index contributed by atoms with van der Waals surface area (Å²) in [6.07, 6.45) is 0.279. The number of carbonyl (C=O) groups is 2. The fourth-order valence-corrected chi connectivity index (χ4v) is 2.29. The second-order valence-electron chi connectivity index (χ2n) is 4.61. The van der Waals surface area contributed by atoms with E-state index in [1.54, 1.807) is 18.2 Å². The van der Waals surface area contributed by atoms with Gasteiger partial charge in [-0.3, -0.25) is 4.79 Å². The molecule has 1 aliphatic heterocycles. The van der Waals surface area contributed by atoms with Crippen LogP contribution in [0.2, 0.25) is 0 Å². The van der Waals surface area contributed by atoms with Crippen molar-refractivity contribution in [2.45, 2.75) is 18.9 Å². The summed E-state index contributed by atoms with van der Waals surface area (Å²) in [5.74, 6) is -1.47. The lowest BCUT2D eigenvalue weighted by Gasteiger charge is -2.23. The summed E-state index contributed by atoms with van der Waals surface area (Å²) in [4.78, 5) is 23.4. The van der Waals surface area contributed by atoms with Crippen LogP contribution in [0.25, 0.3) is 0 Å². The normalized spacial score (nSPS) is 22.2. The number of carboxylic acids is 1. The molecule has 2 rings (SSSR count). The van der Waals surface area contributed by atoms with Gasteiger partial charge in [-0.1, -0.05) is 22.0 Å². The standard InChI is InChI=1S/C13H14BrNO4/c1-8-2-3-9(6-10(8)14)11(16)15-13(12(17)18)4-5-19-7-13/h2-3,6H,4-5,7H2,1H3,(H,15,16)(H,17,18). The van der Waals surface area contributed by atoms with E-state index in [0.29, 0.717) is 12.2 Å². The van der Waals surface area contributed by atoms with Gasteiger partial charge in [0.25, 0.3) is 5.91 Å². The SMILES string of the molecule is Cc1ccc(C(=O)NC2(C(=O)O)CCOC2)cc1Br. The van der Waals surface area contributed by atoms with Gasteiger partial charge >= 0.3 is 5.97 Å². The van der Waals surface area contributed by atoms with Crippen molar-refractivity contribution in [1.82, 2.24) is 5.32 Å². The molecule has 1 unspecified atom stereocenters. The summed E-state index contributed by atoms with van der Waals surface area (Å²) < 4.78 is 5.91. The Balaban J connectivity index is 2.20. The molecule has 0 aromatic heterocycles. The molecule has 1 amide bonds. The molecule has 1 saturated heterocycles. The minimum absolute atomic E-state index is 0.00110. The molecule has 1 aromatic carbocycles. The number of ether oxygens (including phenoxy) is 1. The Morgan fingerprint density at radius 1 is 1.47 bits per heavy atom. The summed E-state index contributed by atoms with van der Waals surface area (Å²) in [6.45, 7) is 2.25. The van der Waals surface area contributed by atoms with Crippen LogP contribution < -0.4 is 5.32 Å². The van der Waals surface area contributed by atoms with Gasteiger partial charge in [-0.15, -0.1) is 0 Å². The van der Waals surface area contributed by atoms with Gasteiger partial charge in [-0.25, -0.2) is 4.79 Å². The van der Waals surface area contributed by atoms with Gasteiger partial charge < -0.3 is 15.2 Å². The highest BCUT2D eigenvalue weighted by Crippen LogP contribution is 2.21. The largest absolute Gasteiger partial charge is 0.479 e. The number of halogens is 1. The monoisotopic (exact) mass is 327 g/mol. The van der Waals surface area contributed by atoms with E-state index in [2.05, 4.69) is 21.2 Å². The zero-order chi connectivity index (χ0) is 14.0. The van der Waals surface area contributed by atoms with E-state index >= 15 is 0 Å². The lowest BCUT2D eigenvalue weighted by molar-refractivity contribution is -0.144. The van der Waals surface area contributed by atoms with Crippen LogP contribution in [0.3, 0.4) is 0 Å². The van der Waals surface area contributed by atoms with Gasteiger partial charge in [-0.05, 0) is 24.6 Å². The third-order valence-corrected chi connectivity index (χ3v) is 4.07. The van der Waals surface area contributed by atoms with Crippen molar-refractivity contribution in [2.75, 3.05) is 13.2 Å². The second kappa shape index (κ2) is 5.30. The first-order valence-corrected chi connectivity index (χ1v) is 6.64. The van der Waals surface area contributed by atoms with Gasteiger partial charge in [0.15, 0.2) is 5.54 Å². The smallest absolute Gasteiger partial charge is 0.331 e. The highest BCUT2D eigenvalue weighted by atomic mass is 79.9. The molecule has 5 nitrogen and oxygen atoms in total. The molecule has 1 atom stereocenters. The van der Waals surface area contributed by atoms with Gasteiger partial charge in [-0.2, -0.15) is 0 Å². The van der Waals surface area contributed by atoms with E-state index < -0.39 is 17.4 Å². The lowest BCUT2D eigenvalue weighted by Crippen LogP contribution is -2.55. The number of carboxylic acid groups (broad SMARTS) is 1. The van der Waals surface area contributed by atoms with Gasteiger partial charge in [0.2, 0.25) is 0 Å². The number of hydrogen-bond acceptors (Lipinski definition) is 3. The Hall–Kier alpha value is -1.40. The van der Waals surface area contributed by atoms with E-state index in [9.17, 15) is 14.7 Å². The summed E-state index contributed by atoms with van der Waals surface area (Å²) in [5, 5.41) is 11.8.